The first-order valence-electron chi connectivity index (χ1n) is 8.68. The molecule has 0 spiro atoms. The van der Waals surface area contributed by atoms with E-state index in [2.05, 4.69) is 4.90 Å². The minimum Gasteiger partial charge on any atom is -0.396 e. The molecule has 2 rings (SSSR count). The van der Waals surface area contributed by atoms with Crippen LogP contribution in [-0.4, -0.2) is 80.6 Å². The normalized spacial score (nSPS) is 27.1. The Bertz CT molecular complexity index is 486. The Hall–Kier alpha value is -0.660. The predicted molar refractivity (Wildman–Crippen MR) is 89.9 cm³/mol. The minimum absolute atomic E-state index is 0.0490. The van der Waals surface area contributed by atoms with Gasteiger partial charge in [-0.3, -0.25) is 4.79 Å². The van der Waals surface area contributed by atoms with E-state index >= 15 is 0 Å². The summed E-state index contributed by atoms with van der Waals surface area (Å²) in [6, 6.07) is 0. The van der Waals surface area contributed by atoms with Gasteiger partial charge in [-0.05, 0) is 31.8 Å². The predicted octanol–water partition coefficient (Wildman–Crippen LogP) is 0.364. The van der Waals surface area contributed by atoms with Crippen molar-refractivity contribution in [3.05, 3.63) is 0 Å². The fourth-order valence-electron chi connectivity index (χ4n) is 3.64. The summed E-state index contributed by atoms with van der Waals surface area (Å²) in [7, 11) is -3.11. The third-order valence-electron chi connectivity index (χ3n) is 5.04. The molecule has 2 aliphatic rings. The number of amides is 1. The smallest absolute Gasteiger partial charge is 0.223 e. The number of hydrogen-bond donors (Lipinski definition) is 1. The zero-order chi connectivity index (χ0) is 16.9. The van der Waals surface area contributed by atoms with Crippen LogP contribution in [0.25, 0.3) is 0 Å². The van der Waals surface area contributed by atoms with Crippen LogP contribution in [0, 0.1) is 11.8 Å². The molecule has 23 heavy (non-hydrogen) atoms. The number of likely N-dealkylation sites (tertiary alicyclic amines) is 2. The summed E-state index contributed by atoms with van der Waals surface area (Å²) in [4.78, 5) is 16.4. The minimum atomic E-state index is -3.11. The van der Waals surface area contributed by atoms with Crippen molar-refractivity contribution in [1.29, 1.82) is 0 Å². The van der Waals surface area contributed by atoms with Gasteiger partial charge in [-0.2, -0.15) is 0 Å². The standard InChI is InChI=1S/C16H30N2O4S/c1-23(21,22)9-6-16(20)18-11-14(15(12-18)13-19)10-17-7-4-2-3-5-8-17/h14-15,19H,2-13H2,1H3/t14-,15-/m1/s1. The van der Waals surface area contributed by atoms with Gasteiger partial charge < -0.3 is 14.9 Å². The van der Waals surface area contributed by atoms with Gasteiger partial charge in [-0.25, -0.2) is 8.42 Å². The summed E-state index contributed by atoms with van der Waals surface area (Å²) in [6.45, 7) is 4.44. The second kappa shape index (κ2) is 8.44. The first-order chi connectivity index (χ1) is 10.9. The molecule has 7 heteroatoms. The van der Waals surface area contributed by atoms with Crippen LogP contribution in [0.3, 0.4) is 0 Å². The fraction of sp³-hybridized carbons (Fsp3) is 0.938. The van der Waals surface area contributed by atoms with Gasteiger partial charge in [0, 0.05) is 44.8 Å². The second-order valence-electron chi connectivity index (χ2n) is 7.10. The third kappa shape index (κ3) is 6.04. The average Bonchev–Trinajstić information content (AvgIpc) is 2.71. The van der Waals surface area contributed by atoms with E-state index in [1.807, 2.05) is 0 Å². The van der Waals surface area contributed by atoms with E-state index in [1.54, 1.807) is 4.90 Å². The lowest BCUT2D eigenvalue weighted by atomic mass is 9.96. The van der Waals surface area contributed by atoms with Crippen molar-refractivity contribution in [3.63, 3.8) is 0 Å². The fourth-order valence-corrected chi connectivity index (χ4v) is 4.18. The van der Waals surface area contributed by atoms with Crippen LogP contribution >= 0.6 is 0 Å². The van der Waals surface area contributed by atoms with Crippen molar-refractivity contribution in [3.8, 4) is 0 Å². The van der Waals surface area contributed by atoms with Crippen LogP contribution in [0.1, 0.15) is 32.1 Å². The van der Waals surface area contributed by atoms with E-state index in [1.165, 1.54) is 25.7 Å². The van der Waals surface area contributed by atoms with E-state index in [9.17, 15) is 18.3 Å². The number of rotatable bonds is 6. The summed E-state index contributed by atoms with van der Waals surface area (Å²) in [5.41, 5.74) is 0. The molecule has 0 aromatic rings. The molecule has 0 aromatic heterocycles. The molecule has 1 amide bonds. The van der Waals surface area contributed by atoms with Gasteiger partial charge >= 0.3 is 0 Å². The molecule has 0 radical (unpaired) electrons. The molecule has 0 unspecified atom stereocenters. The zero-order valence-corrected chi connectivity index (χ0v) is 14.9. The van der Waals surface area contributed by atoms with Crippen LogP contribution < -0.4 is 0 Å². The van der Waals surface area contributed by atoms with Crippen LogP contribution in [0.2, 0.25) is 0 Å². The van der Waals surface area contributed by atoms with E-state index in [0.717, 1.165) is 25.9 Å². The van der Waals surface area contributed by atoms with E-state index in [-0.39, 0.29) is 30.6 Å². The van der Waals surface area contributed by atoms with Crippen LogP contribution in [0.15, 0.2) is 0 Å². The summed E-state index contributed by atoms with van der Waals surface area (Å²) in [6.07, 6.45) is 6.25. The Morgan fingerprint density at radius 3 is 2.26 bits per heavy atom. The van der Waals surface area contributed by atoms with Crippen molar-refractivity contribution >= 4 is 15.7 Å². The Balaban J connectivity index is 1.87. The number of aliphatic hydroxyl groups excluding tert-OH is 1. The molecule has 2 aliphatic heterocycles. The van der Waals surface area contributed by atoms with Crippen LogP contribution in [0.5, 0.6) is 0 Å². The molecule has 134 valence electrons. The highest BCUT2D eigenvalue weighted by Crippen LogP contribution is 2.25. The Kier molecular flexibility index (Phi) is 6.85. The van der Waals surface area contributed by atoms with Crippen molar-refractivity contribution in [2.24, 2.45) is 11.8 Å². The average molecular weight is 346 g/mol. The molecule has 2 heterocycles. The summed E-state index contributed by atoms with van der Waals surface area (Å²) in [5.74, 6) is 0.205. The molecule has 2 fully saturated rings. The highest BCUT2D eigenvalue weighted by atomic mass is 32.2. The summed E-state index contributed by atoms with van der Waals surface area (Å²) in [5, 5.41) is 9.63. The van der Waals surface area contributed by atoms with E-state index < -0.39 is 9.84 Å². The van der Waals surface area contributed by atoms with E-state index in [0.29, 0.717) is 19.0 Å². The van der Waals surface area contributed by atoms with Gasteiger partial charge in [0.1, 0.15) is 9.84 Å². The molecule has 1 N–H and O–H groups in total. The SMILES string of the molecule is CS(=O)(=O)CCC(=O)N1C[C@@H](CN2CCCCCC2)[C@@H](CO)C1. The zero-order valence-electron chi connectivity index (χ0n) is 14.1. The lowest BCUT2D eigenvalue weighted by Crippen LogP contribution is -2.35. The molecule has 0 aromatic carbocycles. The maximum absolute atomic E-state index is 12.2. The van der Waals surface area contributed by atoms with Gasteiger partial charge in [0.25, 0.3) is 0 Å². The van der Waals surface area contributed by atoms with Gasteiger partial charge in [-0.1, -0.05) is 12.8 Å². The van der Waals surface area contributed by atoms with Crippen molar-refractivity contribution in [2.45, 2.75) is 32.1 Å². The van der Waals surface area contributed by atoms with Crippen molar-refractivity contribution in [2.75, 3.05) is 51.3 Å². The lowest BCUT2D eigenvalue weighted by Gasteiger charge is -2.26. The summed E-state index contributed by atoms with van der Waals surface area (Å²) < 4.78 is 22.4. The number of nitrogens with zero attached hydrogens (tertiary/aromatic N) is 2. The Morgan fingerprint density at radius 1 is 1.09 bits per heavy atom. The largest absolute Gasteiger partial charge is 0.396 e. The number of aliphatic hydroxyl groups is 1. The van der Waals surface area contributed by atoms with Crippen LogP contribution in [-0.2, 0) is 14.6 Å². The first-order valence-corrected chi connectivity index (χ1v) is 10.7. The maximum atomic E-state index is 12.2. The topological polar surface area (TPSA) is 77.9 Å². The van der Waals surface area contributed by atoms with Gasteiger partial charge in [0.05, 0.1) is 5.75 Å². The quantitative estimate of drug-likeness (QED) is 0.751. The molecule has 0 saturated carbocycles. The van der Waals surface area contributed by atoms with Gasteiger partial charge in [0.15, 0.2) is 0 Å². The Labute approximate surface area is 139 Å². The number of carbonyl (C=O) groups excluding carboxylic acids is 1. The Morgan fingerprint density at radius 2 is 1.70 bits per heavy atom. The van der Waals surface area contributed by atoms with Crippen molar-refractivity contribution in [1.82, 2.24) is 9.80 Å². The van der Waals surface area contributed by atoms with Gasteiger partial charge in [0.2, 0.25) is 5.91 Å². The molecule has 6 nitrogen and oxygen atoms in total. The lowest BCUT2D eigenvalue weighted by molar-refractivity contribution is -0.130. The van der Waals surface area contributed by atoms with Gasteiger partial charge in [-0.15, -0.1) is 0 Å². The maximum Gasteiger partial charge on any atom is 0.223 e. The molecule has 0 bridgehead atoms. The number of carbonyl (C=O) groups is 1. The molecular weight excluding hydrogens is 316 g/mol. The van der Waals surface area contributed by atoms with Crippen molar-refractivity contribution < 1.29 is 18.3 Å². The first kappa shape index (κ1) is 18.7. The highest BCUT2D eigenvalue weighted by molar-refractivity contribution is 7.90. The number of sulfone groups is 1. The molecule has 2 atom stereocenters. The number of hydrogen-bond acceptors (Lipinski definition) is 5. The second-order valence-corrected chi connectivity index (χ2v) is 9.36. The molecule has 0 aliphatic carbocycles. The van der Waals surface area contributed by atoms with E-state index in [4.69, 9.17) is 0 Å². The third-order valence-corrected chi connectivity index (χ3v) is 5.99. The molecule has 2 saturated heterocycles. The monoisotopic (exact) mass is 346 g/mol. The highest BCUT2D eigenvalue weighted by Gasteiger charge is 2.35. The summed E-state index contributed by atoms with van der Waals surface area (Å²) >= 11 is 0. The van der Waals surface area contributed by atoms with Crippen LogP contribution in [0.4, 0.5) is 0 Å². The molecular formula is C16H30N2O4S.